The Morgan fingerprint density at radius 2 is 1.96 bits per heavy atom. The van der Waals surface area contributed by atoms with E-state index in [1.807, 2.05) is 0 Å². The standard InChI is InChI=1S/C20H25N3O4/c1-2-3-6-12-23-18(24)16-10-5-4-9-15(16)17(21-23)19(25)22-11-7-8-14(13-22)20(26)27/h4-5,9-10,14H,2-3,6-8,11-13H2,1H3,(H,26,27). The Bertz CT molecular complexity index is 906. The van der Waals surface area contributed by atoms with Crippen molar-refractivity contribution < 1.29 is 14.7 Å². The van der Waals surface area contributed by atoms with Crippen LogP contribution < -0.4 is 5.56 Å². The number of unbranched alkanes of at least 4 members (excludes halogenated alkanes) is 2. The second-order valence-electron chi connectivity index (χ2n) is 7.06. The Balaban J connectivity index is 1.99. The van der Waals surface area contributed by atoms with Gasteiger partial charge in [0.05, 0.1) is 11.3 Å². The number of aromatic nitrogens is 2. The minimum atomic E-state index is -0.880. The van der Waals surface area contributed by atoms with Crippen molar-refractivity contribution in [3.8, 4) is 0 Å². The van der Waals surface area contributed by atoms with Crippen molar-refractivity contribution in [3.63, 3.8) is 0 Å². The molecule has 0 saturated carbocycles. The molecule has 1 amide bonds. The maximum Gasteiger partial charge on any atom is 0.308 e. The molecule has 3 rings (SSSR count). The summed E-state index contributed by atoms with van der Waals surface area (Å²) in [6.07, 6.45) is 4.05. The molecule has 0 bridgehead atoms. The fourth-order valence-electron chi connectivity index (χ4n) is 3.57. The lowest BCUT2D eigenvalue weighted by Gasteiger charge is -2.30. The molecule has 1 aliphatic rings. The predicted molar refractivity (Wildman–Crippen MR) is 102 cm³/mol. The van der Waals surface area contributed by atoms with Gasteiger partial charge in [0.1, 0.15) is 0 Å². The highest BCUT2D eigenvalue weighted by Gasteiger charge is 2.30. The van der Waals surface area contributed by atoms with Gasteiger partial charge in [-0.1, -0.05) is 38.0 Å². The number of likely N-dealkylation sites (tertiary alicyclic amines) is 1. The van der Waals surface area contributed by atoms with Gasteiger partial charge in [-0.2, -0.15) is 5.10 Å². The lowest BCUT2D eigenvalue weighted by Crippen LogP contribution is -2.43. The molecule has 144 valence electrons. The Hall–Kier alpha value is -2.70. The molecule has 1 saturated heterocycles. The molecule has 1 aromatic heterocycles. The molecule has 1 aliphatic heterocycles. The molecule has 1 N–H and O–H groups in total. The minimum Gasteiger partial charge on any atom is -0.481 e. The first-order chi connectivity index (χ1) is 13.0. The normalized spacial score (nSPS) is 17.2. The number of hydrogen-bond acceptors (Lipinski definition) is 4. The van der Waals surface area contributed by atoms with E-state index in [1.165, 1.54) is 4.68 Å². The molecular weight excluding hydrogens is 346 g/mol. The number of hydrogen-bond donors (Lipinski definition) is 1. The van der Waals surface area contributed by atoms with Crippen LogP contribution in [0.15, 0.2) is 29.1 Å². The van der Waals surface area contributed by atoms with Crippen LogP contribution in [0.4, 0.5) is 0 Å². The monoisotopic (exact) mass is 371 g/mol. The summed E-state index contributed by atoms with van der Waals surface area (Å²) in [6, 6.07) is 6.99. The van der Waals surface area contributed by atoms with E-state index in [4.69, 9.17) is 0 Å². The number of amides is 1. The summed E-state index contributed by atoms with van der Waals surface area (Å²) in [5, 5.41) is 14.7. The quantitative estimate of drug-likeness (QED) is 0.788. The van der Waals surface area contributed by atoms with Gasteiger partial charge in [-0.05, 0) is 25.3 Å². The van der Waals surface area contributed by atoms with E-state index in [9.17, 15) is 19.5 Å². The van der Waals surface area contributed by atoms with E-state index in [2.05, 4.69) is 12.0 Å². The lowest BCUT2D eigenvalue weighted by atomic mass is 9.98. The predicted octanol–water partition coefficient (Wildman–Crippen LogP) is 2.52. The summed E-state index contributed by atoms with van der Waals surface area (Å²) >= 11 is 0. The molecule has 27 heavy (non-hydrogen) atoms. The van der Waals surface area contributed by atoms with Gasteiger partial charge < -0.3 is 10.0 Å². The summed E-state index contributed by atoms with van der Waals surface area (Å²) in [6.45, 7) is 3.24. The van der Waals surface area contributed by atoms with Gasteiger partial charge >= 0.3 is 5.97 Å². The first kappa shape index (κ1) is 19.1. The molecule has 1 atom stereocenters. The van der Waals surface area contributed by atoms with Gasteiger partial charge in [0.15, 0.2) is 5.69 Å². The minimum absolute atomic E-state index is 0.180. The van der Waals surface area contributed by atoms with Crippen LogP contribution in [0.2, 0.25) is 0 Å². The van der Waals surface area contributed by atoms with E-state index in [1.54, 1.807) is 29.2 Å². The van der Waals surface area contributed by atoms with Crippen LogP contribution >= 0.6 is 0 Å². The van der Waals surface area contributed by atoms with E-state index in [0.717, 1.165) is 19.3 Å². The average Bonchev–Trinajstić information content (AvgIpc) is 2.69. The first-order valence-corrected chi connectivity index (χ1v) is 9.55. The highest BCUT2D eigenvalue weighted by Crippen LogP contribution is 2.21. The van der Waals surface area contributed by atoms with Crippen LogP contribution in [0.25, 0.3) is 10.8 Å². The number of rotatable bonds is 6. The van der Waals surface area contributed by atoms with E-state index in [-0.39, 0.29) is 23.7 Å². The number of carboxylic acids is 1. The summed E-state index contributed by atoms with van der Waals surface area (Å²) in [4.78, 5) is 38.7. The summed E-state index contributed by atoms with van der Waals surface area (Å²) in [5.74, 6) is -1.74. The average molecular weight is 371 g/mol. The zero-order chi connectivity index (χ0) is 19.4. The van der Waals surface area contributed by atoms with Crippen molar-refractivity contribution >= 4 is 22.6 Å². The molecule has 7 heteroatoms. The highest BCUT2D eigenvalue weighted by molar-refractivity contribution is 6.04. The number of benzene rings is 1. The number of aryl methyl sites for hydroxylation is 1. The van der Waals surface area contributed by atoms with Crippen LogP contribution in [0.5, 0.6) is 0 Å². The number of fused-ring (bicyclic) bond motifs is 1. The molecule has 0 aliphatic carbocycles. The molecule has 2 aromatic rings. The molecule has 1 unspecified atom stereocenters. The van der Waals surface area contributed by atoms with Crippen molar-refractivity contribution in [1.82, 2.24) is 14.7 Å². The van der Waals surface area contributed by atoms with Crippen LogP contribution in [-0.4, -0.2) is 44.8 Å². The lowest BCUT2D eigenvalue weighted by molar-refractivity contribution is -0.143. The first-order valence-electron chi connectivity index (χ1n) is 9.55. The van der Waals surface area contributed by atoms with Crippen LogP contribution in [0.3, 0.4) is 0 Å². The fraction of sp³-hybridized carbons (Fsp3) is 0.500. The molecule has 0 spiro atoms. The number of carboxylic acid groups (broad SMARTS) is 1. The number of piperidine rings is 1. The maximum atomic E-state index is 13.1. The second-order valence-corrected chi connectivity index (χ2v) is 7.06. The molecule has 0 radical (unpaired) electrons. The van der Waals surface area contributed by atoms with Gasteiger partial charge in [0.2, 0.25) is 0 Å². The molecule has 7 nitrogen and oxygen atoms in total. The molecule has 1 fully saturated rings. The van der Waals surface area contributed by atoms with Crippen LogP contribution in [-0.2, 0) is 11.3 Å². The van der Waals surface area contributed by atoms with Gasteiger partial charge in [0.25, 0.3) is 11.5 Å². The van der Waals surface area contributed by atoms with Gasteiger partial charge in [-0.15, -0.1) is 0 Å². The number of carbonyl (C=O) groups is 2. The Labute approximate surface area is 157 Å². The highest BCUT2D eigenvalue weighted by atomic mass is 16.4. The smallest absolute Gasteiger partial charge is 0.308 e. The number of nitrogens with zero attached hydrogens (tertiary/aromatic N) is 3. The van der Waals surface area contributed by atoms with Crippen molar-refractivity contribution in [2.45, 2.75) is 45.6 Å². The van der Waals surface area contributed by atoms with E-state index >= 15 is 0 Å². The third kappa shape index (κ3) is 4.02. The third-order valence-corrected chi connectivity index (χ3v) is 5.10. The molecular formula is C20H25N3O4. The van der Waals surface area contributed by atoms with Gasteiger partial charge in [-0.25, -0.2) is 4.68 Å². The summed E-state index contributed by atoms with van der Waals surface area (Å²) in [5.41, 5.74) is 0.0352. The topological polar surface area (TPSA) is 92.5 Å². The maximum absolute atomic E-state index is 13.1. The van der Waals surface area contributed by atoms with Gasteiger partial charge in [-0.3, -0.25) is 14.4 Å². The van der Waals surface area contributed by atoms with Crippen LogP contribution in [0.1, 0.15) is 49.5 Å². The van der Waals surface area contributed by atoms with Crippen molar-refractivity contribution in [2.75, 3.05) is 13.1 Å². The fourth-order valence-corrected chi connectivity index (χ4v) is 3.57. The number of carbonyl (C=O) groups excluding carboxylic acids is 1. The zero-order valence-corrected chi connectivity index (χ0v) is 15.6. The summed E-state index contributed by atoms with van der Waals surface area (Å²) in [7, 11) is 0. The third-order valence-electron chi connectivity index (χ3n) is 5.10. The van der Waals surface area contributed by atoms with Crippen molar-refractivity contribution in [2.24, 2.45) is 5.92 Å². The van der Waals surface area contributed by atoms with Crippen molar-refractivity contribution in [1.29, 1.82) is 0 Å². The van der Waals surface area contributed by atoms with Crippen LogP contribution in [0, 0.1) is 5.92 Å². The Morgan fingerprint density at radius 3 is 2.67 bits per heavy atom. The molecule has 2 heterocycles. The SMILES string of the molecule is CCCCCn1nc(C(=O)N2CCCC(C(=O)O)C2)c2ccccc2c1=O. The summed E-state index contributed by atoms with van der Waals surface area (Å²) < 4.78 is 1.38. The van der Waals surface area contributed by atoms with E-state index < -0.39 is 11.9 Å². The number of aliphatic carboxylic acids is 1. The Kier molecular flexibility index (Phi) is 5.88. The second kappa shape index (κ2) is 8.33. The van der Waals surface area contributed by atoms with Crippen molar-refractivity contribution in [3.05, 3.63) is 40.3 Å². The van der Waals surface area contributed by atoms with Gasteiger partial charge in [0, 0.05) is 25.0 Å². The van der Waals surface area contributed by atoms with E-state index in [0.29, 0.717) is 36.7 Å². The Morgan fingerprint density at radius 1 is 1.22 bits per heavy atom. The largest absolute Gasteiger partial charge is 0.481 e. The zero-order valence-electron chi connectivity index (χ0n) is 15.6. The molecule has 1 aromatic carbocycles.